The molecule has 10 heteroatoms. The number of anilines is 2. The zero-order chi connectivity index (χ0) is 38.5. The van der Waals surface area contributed by atoms with E-state index in [9.17, 15) is 0 Å². The highest BCUT2D eigenvalue weighted by molar-refractivity contribution is 6.35. The van der Waals surface area contributed by atoms with E-state index in [1.165, 1.54) is 32.1 Å². The molecule has 1 aliphatic carbocycles. The Morgan fingerprint density at radius 3 is 2.39 bits per heavy atom. The summed E-state index contributed by atoms with van der Waals surface area (Å²) in [4.78, 5) is 26.0. The van der Waals surface area contributed by atoms with E-state index >= 15 is 4.79 Å². The first kappa shape index (κ1) is 37.2. The average molecular weight is 807 g/mol. The van der Waals surface area contributed by atoms with Crippen molar-refractivity contribution in [3.05, 3.63) is 134 Å². The van der Waals surface area contributed by atoms with Crippen molar-refractivity contribution in [2.75, 3.05) is 43.5 Å². The molecule has 7 nitrogen and oxygen atoms in total. The minimum Gasteiger partial charge on any atom is -0.497 e. The molecule has 0 spiro atoms. The van der Waals surface area contributed by atoms with Gasteiger partial charge in [-0.1, -0.05) is 103 Å². The zero-order valence-electron chi connectivity index (χ0n) is 31.8. The van der Waals surface area contributed by atoms with E-state index in [0.717, 1.165) is 88.4 Å². The second-order valence-electron chi connectivity index (χ2n) is 15.6. The SMILES string of the molecule is COc1ccc(N2CCN(C3CCCCC3)CC2)c(NC(=O)c2[nH]c3cc(Cl)cc4c3c2C2=C(c3ccccc3)C(C)CC=CN2C4c2ccc(Cl)cc2Cl)c1. The Labute approximate surface area is 343 Å². The monoisotopic (exact) mass is 805 g/mol. The number of methoxy groups -OCH3 is 1. The van der Waals surface area contributed by atoms with Gasteiger partial charge in [0.25, 0.3) is 5.91 Å². The summed E-state index contributed by atoms with van der Waals surface area (Å²) < 4.78 is 5.70. The lowest BCUT2D eigenvalue weighted by molar-refractivity contribution is 0.102. The van der Waals surface area contributed by atoms with Crippen LogP contribution in [0.5, 0.6) is 5.75 Å². The van der Waals surface area contributed by atoms with Gasteiger partial charge in [0, 0.05) is 76.0 Å². The molecule has 4 heterocycles. The van der Waals surface area contributed by atoms with Crippen molar-refractivity contribution in [3.8, 4) is 5.75 Å². The first-order chi connectivity index (χ1) is 27.3. The maximum absolute atomic E-state index is 15.1. The van der Waals surface area contributed by atoms with Crippen LogP contribution in [0, 0.1) is 5.92 Å². The second kappa shape index (κ2) is 15.5. The van der Waals surface area contributed by atoms with E-state index in [2.05, 4.69) is 74.5 Å². The molecule has 0 bridgehead atoms. The fraction of sp³-hybridized carbons (Fsp3) is 0.326. The van der Waals surface area contributed by atoms with Gasteiger partial charge in [0.05, 0.1) is 30.2 Å². The maximum atomic E-state index is 15.1. The number of hydrogen-bond donors (Lipinski definition) is 2. The fourth-order valence-electron chi connectivity index (χ4n) is 9.58. The number of H-pyrrole nitrogens is 1. The lowest BCUT2D eigenvalue weighted by Crippen LogP contribution is -2.51. The van der Waals surface area contributed by atoms with Crippen LogP contribution >= 0.6 is 34.8 Å². The van der Waals surface area contributed by atoms with Gasteiger partial charge >= 0.3 is 0 Å². The number of piperazine rings is 1. The number of halogens is 3. The summed E-state index contributed by atoms with van der Waals surface area (Å²) in [6.07, 6.45) is 11.8. The molecule has 1 aromatic heterocycles. The quantitative estimate of drug-likeness (QED) is 0.171. The standard InChI is InChI=1S/C46H46Cl3N5O2/c1-28-10-9-19-54-44(34-17-15-30(47)25-36(34)49)35-24-31(48)26-38-41(35)42(45(54)40(28)29-11-5-3-6-12-29)43(50-38)46(55)51-37-27-33(56-2)16-18-39(37)53-22-20-52(21-23-53)32-13-7-4-8-14-32/h3,5-6,9,11-12,15-19,24-28,32,44,50H,4,7-8,10,13-14,20-23H2,1-2H3,(H,51,55). The van der Waals surface area contributed by atoms with Crippen LogP contribution in [-0.4, -0.2) is 60.0 Å². The Hall–Kier alpha value is -4.40. The molecule has 2 fully saturated rings. The highest BCUT2D eigenvalue weighted by atomic mass is 35.5. The predicted molar refractivity (Wildman–Crippen MR) is 231 cm³/mol. The largest absolute Gasteiger partial charge is 0.497 e. The number of aromatic amines is 1. The van der Waals surface area contributed by atoms with E-state index < -0.39 is 0 Å². The smallest absolute Gasteiger partial charge is 0.272 e. The molecule has 56 heavy (non-hydrogen) atoms. The van der Waals surface area contributed by atoms with Crippen molar-refractivity contribution in [2.24, 2.45) is 5.92 Å². The molecule has 0 radical (unpaired) electrons. The Bertz CT molecular complexity index is 2360. The molecule has 9 rings (SSSR count). The third-order valence-corrected chi connectivity index (χ3v) is 13.0. The predicted octanol–water partition coefficient (Wildman–Crippen LogP) is 11.7. The number of allylic oxidation sites excluding steroid dienone is 2. The van der Waals surface area contributed by atoms with Crippen molar-refractivity contribution in [1.29, 1.82) is 0 Å². The van der Waals surface area contributed by atoms with Gasteiger partial charge in [0.15, 0.2) is 0 Å². The van der Waals surface area contributed by atoms with Crippen LogP contribution in [0.4, 0.5) is 11.4 Å². The van der Waals surface area contributed by atoms with Crippen molar-refractivity contribution >= 4 is 74.3 Å². The summed E-state index contributed by atoms with van der Waals surface area (Å²) in [5, 5.41) is 6.00. The van der Waals surface area contributed by atoms with E-state index in [0.29, 0.717) is 32.6 Å². The zero-order valence-corrected chi connectivity index (χ0v) is 34.0. The number of hydrogen-bond acceptors (Lipinski definition) is 5. The lowest BCUT2D eigenvalue weighted by atomic mass is 9.82. The molecule has 288 valence electrons. The molecule has 3 aliphatic heterocycles. The van der Waals surface area contributed by atoms with Gasteiger partial charge in [-0.2, -0.15) is 0 Å². The van der Waals surface area contributed by atoms with Crippen LogP contribution in [0.3, 0.4) is 0 Å². The van der Waals surface area contributed by atoms with E-state index in [4.69, 9.17) is 39.5 Å². The van der Waals surface area contributed by atoms with Gasteiger partial charge in [-0.3, -0.25) is 9.69 Å². The molecule has 1 saturated carbocycles. The van der Waals surface area contributed by atoms with Crippen LogP contribution in [0.2, 0.25) is 15.1 Å². The topological polar surface area (TPSA) is 63.8 Å². The number of aromatic nitrogens is 1. The third-order valence-electron chi connectivity index (χ3n) is 12.2. The molecule has 2 unspecified atom stereocenters. The summed E-state index contributed by atoms with van der Waals surface area (Å²) in [6.45, 7) is 6.07. The number of carbonyl (C=O) groups excluding carboxylic acids is 1. The van der Waals surface area contributed by atoms with Gasteiger partial charge in [-0.15, -0.1) is 0 Å². The number of benzene rings is 4. The first-order valence-corrected chi connectivity index (χ1v) is 21.0. The molecule has 4 aromatic carbocycles. The van der Waals surface area contributed by atoms with Crippen LogP contribution < -0.4 is 15.0 Å². The van der Waals surface area contributed by atoms with Crippen molar-refractivity contribution in [1.82, 2.24) is 14.8 Å². The summed E-state index contributed by atoms with van der Waals surface area (Å²) in [5.41, 5.74) is 8.87. The number of fused-ring (bicyclic) bond motifs is 2. The fourth-order valence-corrected chi connectivity index (χ4v) is 10.3. The normalized spacial score (nSPS) is 20.3. The van der Waals surface area contributed by atoms with Gasteiger partial charge in [-0.05, 0) is 83.8 Å². The number of rotatable bonds is 7. The van der Waals surface area contributed by atoms with Crippen LogP contribution in [-0.2, 0) is 0 Å². The minimum atomic E-state index is -0.340. The maximum Gasteiger partial charge on any atom is 0.272 e. The van der Waals surface area contributed by atoms with Crippen LogP contribution in [0.15, 0.2) is 91.1 Å². The van der Waals surface area contributed by atoms with Gasteiger partial charge in [0.2, 0.25) is 0 Å². The number of nitrogens with zero attached hydrogens (tertiary/aromatic N) is 3. The molecule has 1 amide bonds. The highest BCUT2D eigenvalue weighted by Crippen LogP contribution is 2.54. The number of ether oxygens (including phenoxy) is 1. The summed E-state index contributed by atoms with van der Waals surface area (Å²) in [6, 6.07) is 26.4. The Morgan fingerprint density at radius 2 is 1.64 bits per heavy atom. The van der Waals surface area contributed by atoms with Crippen LogP contribution in [0.1, 0.15) is 84.2 Å². The second-order valence-corrected chi connectivity index (χ2v) is 16.9. The molecule has 2 N–H and O–H groups in total. The Balaban J connectivity index is 1.19. The van der Waals surface area contributed by atoms with Gasteiger partial charge in [0.1, 0.15) is 11.4 Å². The summed E-state index contributed by atoms with van der Waals surface area (Å²) >= 11 is 20.4. The Morgan fingerprint density at radius 1 is 0.857 bits per heavy atom. The molecule has 4 aliphatic rings. The summed E-state index contributed by atoms with van der Waals surface area (Å²) in [5.74, 6) is 0.585. The van der Waals surface area contributed by atoms with Crippen LogP contribution in [0.25, 0.3) is 22.2 Å². The van der Waals surface area contributed by atoms with E-state index in [1.807, 2.05) is 42.5 Å². The number of carbonyl (C=O) groups is 1. The summed E-state index contributed by atoms with van der Waals surface area (Å²) in [7, 11) is 1.66. The lowest BCUT2D eigenvalue weighted by Gasteiger charge is -2.42. The van der Waals surface area contributed by atoms with Gasteiger partial charge < -0.3 is 24.8 Å². The Kier molecular flexibility index (Phi) is 10.3. The minimum absolute atomic E-state index is 0.141. The van der Waals surface area contributed by atoms with Crippen molar-refractivity contribution in [3.63, 3.8) is 0 Å². The third kappa shape index (κ3) is 6.76. The van der Waals surface area contributed by atoms with Crippen molar-refractivity contribution in [2.45, 2.75) is 57.5 Å². The van der Waals surface area contributed by atoms with E-state index in [1.54, 1.807) is 13.2 Å². The van der Waals surface area contributed by atoms with E-state index in [-0.39, 0.29) is 17.9 Å². The average Bonchev–Trinajstić information content (AvgIpc) is 3.51. The molecule has 1 saturated heterocycles. The first-order valence-electron chi connectivity index (χ1n) is 19.8. The van der Waals surface area contributed by atoms with Crippen molar-refractivity contribution < 1.29 is 9.53 Å². The van der Waals surface area contributed by atoms with Gasteiger partial charge in [-0.25, -0.2) is 0 Å². The number of nitrogens with one attached hydrogen (secondary N) is 2. The molecule has 5 aromatic rings. The number of amides is 1. The highest BCUT2D eigenvalue weighted by Gasteiger charge is 2.40. The molecule has 2 atom stereocenters. The molecular formula is C46H46Cl3N5O2. The molecular weight excluding hydrogens is 761 g/mol.